The van der Waals surface area contributed by atoms with Gasteiger partial charge in [0.2, 0.25) is 5.91 Å². The fourth-order valence-electron chi connectivity index (χ4n) is 4.00. The third-order valence-electron chi connectivity index (χ3n) is 5.60. The molecule has 1 atom stereocenters. The second-order valence-corrected chi connectivity index (χ2v) is 7.98. The van der Waals surface area contributed by atoms with Crippen LogP contribution in [0, 0.1) is 6.92 Å². The highest BCUT2D eigenvalue weighted by Gasteiger charge is 2.30. The zero-order valence-corrected chi connectivity index (χ0v) is 17.5. The number of aromatic amines is 1. The summed E-state index contributed by atoms with van der Waals surface area (Å²) in [5, 5.41) is 0.722. The maximum Gasteiger partial charge on any atom is 0.255 e. The van der Waals surface area contributed by atoms with E-state index in [-0.39, 0.29) is 23.9 Å². The molecule has 1 amide bonds. The van der Waals surface area contributed by atoms with Gasteiger partial charge in [-0.1, -0.05) is 29.8 Å². The predicted octanol–water partition coefficient (Wildman–Crippen LogP) is 3.57. The number of halogens is 1. The van der Waals surface area contributed by atoms with Crippen molar-refractivity contribution in [2.45, 2.75) is 38.6 Å². The van der Waals surface area contributed by atoms with Crippen molar-refractivity contribution in [3.63, 3.8) is 0 Å². The van der Waals surface area contributed by atoms with Crippen LogP contribution in [0.2, 0.25) is 5.02 Å². The fourth-order valence-corrected chi connectivity index (χ4v) is 4.22. The summed E-state index contributed by atoms with van der Waals surface area (Å²) < 4.78 is 0. The molecule has 0 radical (unpaired) electrons. The highest BCUT2D eigenvalue weighted by molar-refractivity contribution is 6.31. The van der Waals surface area contributed by atoms with E-state index in [2.05, 4.69) is 15.0 Å². The van der Waals surface area contributed by atoms with Gasteiger partial charge in [0.25, 0.3) is 5.56 Å². The van der Waals surface area contributed by atoms with Crippen LogP contribution in [-0.4, -0.2) is 38.3 Å². The van der Waals surface area contributed by atoms with Gasteiger partial charge in [-0.3, -0.25) is 14.6 Å². The number of amides is 1. The molecule has 3 heterocycles. The van der Waals surface area contributed by atoms with Crippen molar-refractivity contribution in [1.29, 1.82) is 0 Å². The van der Waals surface area contributed by atoms with Gasteiger partial charge >= 0.3 is 0 Å². The van der Waals surface area contributed by atoms with Crippen molar-refractivity contribution >= 4 is 17.5 Å². The number of carbonyl (C=O) groups is 1. The number of pyridine rings is 1. The van der Waals surface area contributed by atoms with Crippen molar-refractivity contribution < 1.29 is 4.79 Å². The quantitative estimate of drug-likeness (QED) is 0.681. The number of rotatable bonds is 5. The van der Waals surface area contributed by atoms with E-state index in [0.29, 0.717) is 23.6 Å². The van der Waals surface area contributed by atoms with Crippen molar-refractivity contribution in [3.05, 3.63) is 81.0 Å². The Morgan fingerprint density at radius 1 is 1.27 bits per heavy atom. The minimum absolute atomic E-state index is 0.0422. The first-order valence-electron chi connectivity index (χ1n) is 10.1. The highest BCUT2D eigenvalue weighted by atomic mass is 35.5. The summed E-state index contributed by atoms with van der Waals surface area (Å²) in [6.07, 6.45) is 5.96. The van der Waals surface area contributed by atoms with Crippen molar-refractivity contribution in [3.8, 4) is 11.4 Å². The maximum atomic E-state index is 13.1. The summed E-state index contributed by atoms with van der Waals surface area (Å²) >= 11 is 6.31. The SMILES string of the molecule is Cc1nc(-c2cccnc2)[nH]c(=O)c1CC(=O)N1CCCC1Cc1ccccc1Cl. The number of benzene rings is 1. The lowest BCUT2D eigenvalue weighted by molar-refractivity contribution is -0.131. The normalized spacial score (nSPS) is 16.1. The summed E-state index contributed by atoms with van der Waals surface area (Å²) in [5.74, 6) is 0.411. The Morgan fingerprint density at radius 2 is 2.10 bits per heavy atom. The molecule has 1 aliphatic heterocycles. The maximum absolute atomic E-state index is 13.1. The van der Waals surface area contributed by atoms with Crippen LogP contribution in [0.4, 0.5) is 0 Å². The average Bonchev–Trinajstić information content (AvgIpc) is 3.21. The van der Waals surface area contributed by atoms with Gasteiger partial charge in [-0.25, -0.2) is 4.98 Å². The Kier molecular flexibility index (Phi) is 5.95. The highest BCUT2D eigenvalue weighted by Crippen LogP contribution is 2.25. The minimum Gasteiger partial charge on any atom is -0.339 e. The molecule has 1 aliphatic rings. The first-order valence-corrected chi connectivity index (χ1v) is 10.4. The van der Waals surface area contributed by atoms with Gasteiger partial charge < -0.3 is 9.88 Å². The van der Waals surface area contributed by atoms with E-state index >= 15 is 0 Å². The molecule has 0 saturated carbocycles. The topological polar surface area (TPSA) is 79.0 Å². The molecule has 1 N–H and O–H groups in total. The van der Waals surface area contributed by atoms with Crippen LogP contribution in [0.5, 0.6) is 0 Å². The minimum atomic E-state index is -0.281. The molecule has 0 spiro atoms. The number of aryl methyl sites for hydroxylation is 1. The molecule has 1 unspecified atom stereocenters. The number of H-pyrrole nitrogens is 1. The molecule has 4 rings (SSSR count). The Morgan fingerprint density at radius 3 is 2.83 bits per heavy atom. The Hall–Kier alpha value is -2.99. The molecule has 30 heavy (non-hydrogen) atoms. The molecular weight excluding hydrogens is 400 g/mol. The van der Waals surface area contributed by atoms with Crippen LogP contribution < -0.4 is 5.56 Å². The van der Waals surface area contributed by atoms with E-state index < -0.39 is 0 Å². The monoisotopic (exact) mass is 422 g/mol. The molecule has 1 fully saturated rings. The third-order valence-corrected chi connectivity index (χ3v) is 5.96. The number of hydrogen-bond acceptors (Lipinski definition) is 4. The van der Waals surface area contributed by atoms with Gasteiger partial charge in [0.1, 0.15) is 5.82 Å². The van der Waals surface area contributed by atoms with E-state index in [1.54, 1.807) is 25.4 Å². The second kappa shape index (κ2) is 8.79. The molecular formula is C23H23ClN4O2. The summed E-state index contributed by atoms with van der Waals surface area (Å²) in [4.78, 5) is 39.0. The number of nitrogens with zero attached hydrogens (tertiary/aromatic N) is 3. The van der Waals surface area contributed by atoms with Crippen LogP contribution >= 0.6 is 11.6 Å². The fraction of sp³-hybridized carbons (Fsp3) is 0.304. The van der Waals surface area contributed by atoms with Crippen LogP contribution in [0.15, 0.2) is 53.6 Å². The lowest BCUT2D eigenvalue weighted by Crippen LogP contribution is -2.39. The Bertz CT molecular complexity index is 1110. The molecule has 0 aliphatic carbocycles. The van der Waals surface area contributed by atoms with Gasteiger partial charge in [-0.05, 0) is 49.9 Å². The van der Waals surface area contributed by atoms with Crippen LogP contribution in [-0.2, 0) is 17.6 Å². The molecule has 0 bridgehead atoms. The zero-order chi connectivity index (χ0) is 21.1. The van der Waals surface area contributed by atoms with Crippen LogP contribution in [0.1, 0.15) is 29.7 Å². The average molecular weight is 423 g/mol. The van der Waals surface area contributed by atoms with E-state index in [4.69, 9.17) is 11.6 Å². The van der Waals surface area contributed by atoms with Gasteiger partial charge in [0.05, 0.1) is 6.42 Å². The second-order valence-electron chi connectivity index (χ2n) is 7.58. The van der Waals surface area contributed by atoms with E-state index in [1.807, 2.05) is 35.2 Å². The van der Waals surface area contributed by atoms with E-state index in [9.17, 15) is 9.59 Å². The summed E-state index contributed by atoms with van der Waals surface area (Å²) in [6.45, 7) is 2.47. The number of nitrogens with one attached hydrogen (secondary N) is 1. The molecule has 2 aromatic heterocycles. The van der Waals surface area contributed by atoms with E-state index in [1.165, 1.54) is 0 Å². The molecule has 3 aromatic rings. The number of aromatic nitrogens is 3. The Balaban J connectivity index is 1.52. The summed E-state index contributed by atoms with van der Waals surface area (Å²) in [7, 11) is 0. The van der Waals surface area contributed by atoms with Gasteiger partial charge in [0.15, 0.2) is 0 Å². The van der Waals surface area contributed by atoms with Crippen LogP contribution in [0.25, 0.3) is 11.4 Å². The van der Waals surface area contributed by atoms with Crippen molar-refractivity contribution in [2.24, 2.45) is 0 Å². The third kappa shape index (κ3) is 4.28. The molecule has 6 nitrogen and oxygen atoms in total. The smallest absolute Gasteiger partial charge is 0.255 e. The number of carbonyl (C=O) groups excluding carboxylic acids is 1. The van der Waals surface area contributed by atoms with Gasteiger partial charge in [0, 0.05) is 46.8 Å². The van der Waals surface area contributed by atoms with Crippen molar-refractivity contribution in [2.75, 3.05) is 6.54 Å². The number of hydrogen-bond donors (Lipinski definition) is 1. The van der Waals surface area contributed by atoms with E-state index in [0.717, 1.165) is 35.4 Å². The first kappa shape index (κ1) is 20.3. The van der Waals surface area contributed by atoms with Gasteiger partial charge in [-0.15, -0.1) is 0 Å². The zero-order valence-electron chi connectivity index (χ0n) is 16.8. The largest absolute Gasteiger partial charge is 0.339 e. The lowest BCUT2D eigenvalue weighted by atomic mass is 10.0. The van der Waals surface area contributed by atoms with Gasteiger partial charge in [-0.2, -0.15) is 0 Å². The van der Waals surface area contributed by atoms with Crippen LogP contribution in [0.3, 0.4) is 0 Å². The predicted molar refractivity (Wildman–Crippen MR) is 116 cm³/mol. The summed E-state index contributed by atoms with van der Waals surface area (Å²) in [6, 6.07) is 11.4. The molecule has 1 saturated heterocycles. The summed E-state index contributed by atoms with van der Waals surface area (Å²) in [5.41, 5.74) is 2.47. The standard InChI is InChI=1S/C23H23ClN4O2/c1-15-19(23(30)27-22(26-15)17-7-4-10-25-14-17)13-21(29)28-11-5-8-18(28)12-16-6-2-3-9-20(16)24/h2-4,6-7,9-10,14,18H,5,8,11-13H2,1H3,(H,26,27,30). The Labute approximate surface area is 180 Å². The lowest BCUT2D eigenvalue weighted by Gasteiger charge is -2.25. The molecule has 1 aromatic carbocycles. The number of likely N-dealkylation sites (tertiary alicyclic amines) is 1. The van der Waals surface area contributed by atoms with Crippen molar-refractivity contribution in [1.82, 2.24) is 19.9 Å². The molecule has 154 valence electrons. The molecule has 7 heteroatoms. The first-order chi connectivity index (χ1) is 14.5.